The highest BCUT2D eigenvalue weighted by Gasteiger charge is 2.12. The predicted octanol–water partition coefficient (Wildman–Crippen LogP) is 3.79. The molecule has 0 fully saturated rings. The highest BCUT2D eigenvalue weighted by Crippen LogP contribution is 2.28. The fourth-order valence-electron chi connectivity index (χ4n) is 2.29. The van der Waals surface area contributed by atoms with Gasteiger partial charge in [0.05, 0.1) is 11.4 Å². The lowest BCUT2D eigenvalue weighted by molar-refractivity contribution is -0.645. The monoisotopic (exact) mass is 371 g/mol. The molecule has 0 saturated heterocycles. The molecule has 128 valence electrons. The Balaban J connectivity index is 1.64. The molecule has 0 saturated carbocycles. The number of rotatable bonds is 5. The second-order valence-corrected chi connectivity index (χ2v) is 7.41. The number of hydrogen-bond donors (Lipinski definition) is 1. The topological polar surface area (TPSA) is 68.9 Å². The molecule has 0 unspecified atom stereocenters. The van der Waals surface area contributed by atoms with E-state index >= 15 is 0 Å². The second-order valence-electron chi connectivity index (χ2n) is 5.56. The summed E-state index contributed by atoms with van der Waals surface area (Å²) in [6.07, 6.45) is 1.41. The average molecular weight is 371 g/mol. The first-order chi connectivity index (χ1) is 12.0. The van der Waals surface area contributed by atoms with Gasteiger partial charge in [0.15, 0.2) is 11.3 Å². The molecule has 7 heteroatoms. The maximum atomic E-state index is 12.1. The van der Waals surface area contributed by atoms with Crippen LogP contribution >= 0.6 is 23.1 Å². The van der Waals surface area contributed by atoms with E-state index in [1.165, 1.54) is 34.9 Å². The van der Waals surface area contributed by atoms with Crippen LogP contribution < -0.4 is 10.0 Å². The Morgan fingerprint density at radius 2 is 2.16 bits per heavy atom. The number of carbonyl (C=O) groups excluding carboxylic acids is 1. The van der Waals surface area contributed by atoms with Crippen molar-refractivity contribution in [1.29, 1.82) is 0 Å². The van der Waals surface area contributed by atoms with Gasteiger partial charge in [0.1, 0.15) is 0 Å². The normalized spacial score (nSPS) is 10.6. The Morgan fingerprint density at radius 1 is 1.32 bits per heavy atom. The number of thioether (sulfide) groups is 1. The van der Waals surface area contributed by atoms with Crippen molar-refractivity contribution in [2.24, 2.45) is 0 Å². The first-order valence-electron chi connectivity index (χ1n) is 7.67. The number of benzene rings is 1. The van der Waals surface area contributed by atoms with Crippen LogP contribution in [0.4, 0.5) is 5.13 Å². The van der Waals surface area contributed by atoms with Crippen molar-refractivity contribution in [2.45, 2.75) is 18.9 Å². The van der Waals surface area contributed by atoms with E-state index in [1.807, 2.05) is 19.2 Å². The molecule has 25 heavy (non-hydrogen) atoms. The molecule has 2 aromatic heterocycles. The highest BCUT2D eigenvalue weighted by molar-refractivity contribution is 7.99. The zero-order valence-corrected chi connectivity index (χ0v) is 15.5. The summed E-state index contributed by atoms with van der Waals surface area (Å²) in [5.41, 5.74) is 4.25. The van der Waals surface area contributed by atoms with Crippen molar-refractivity contribution in [3.05, 3.63) is 64.3 Å². The van der Waals surface area contributed by atoms with Crippen LogP contribution in [0.5, 0.6) is 0 Å². The molecule has 3 aromatic rings. The number of hydrogen-bond acceptors (Lipinski definition) is 5. The lowest BCUT2D eigenvalue weighted by Gasteiger charge is -2.04. The van der Waals surface area contributed by atoms with Gasteiger partial charge in [0, 0.05) is 23.1 Å². The largest absolute Gasteiger partial charge is 0.618 e. The van der Waals surface area contributed by atoms with E-state index in [0.717, 1.165) is 21.6 Å². The molecular weight excluding hydrogens is 354 g/mol. The van der Waals surface area contributed by atoms with Gasteiger partial charge < -0.3 is 10.5 Å². The zero-order chi connectivity index (χ0) is 17.8. The van der Waals surface area contributed by atoms with Crippen molar-refractivity contribution >= 4 is 34.1 Å². The third-order valence-electron chi connectivity index (χ3n) is 3.56. The van der Waals surface area contributed by atoms with Crippen molar-refractivity contribution in [3.8, 4) is 11.3 Å². The van der Waals surface area contributed by atoms with E-state index in [2.05, 4.69) is 28.5 Å². The molecule has 3 rings (SSSR count). The summed E-state index contributed by atoms with van der Waals surface area (Å²) in [7, 11) is 0. The molecule has 2 heterocycles. The lowest BCUT2D eigenvalue weighted by Crippen LogP contribution is -2.28. The number of amides is 1. The number of carbonyl (C=O) groups is 1. The van der Waals surface area contributed by atoms with Gasteiger partial charge in [-0.1, -0.05) is 17.7 Å². The maximum absolute atomic E-state index is 12.1. The summed E-state index contributed by atoms with van der Waals surface area (Å²) in [6.45, 7) is 4.09. The van der Waals surface area contributed by atoms with E-state index in [1.54, 1.807) is 18.2 Å². The van der Waals surface area contributed by atoms with Crippen molar-refractivity contribution in [2.75, 3.05) is 11.1 Å². The number of nitrogens with one attached hydrogen (secondary N) is 1. The maximum Gasteiger partial charge on any atom is 0.251 e. The van der Waals surface area contributed by atoms with E-state index in [9.17, 15) is 10.0 Å². The number of aryl methyl sites for hydroxylation is 2. The van der Waals surface area contributed by atoms with Crippen LogP contribution in [0.2, 0.25) is 0 Å². The van der Waals surface area contributed by atoms with E-state index < -0.39 is 0 Å². The Labute approximate surface area is 154 Å². The average Bonchev–Trinajstić information content (AvgIpc) is 3.04. The second kappa shape index (κ2) is 7.67. The number of thiazole rings is 1. The lowest BCUT2D eigenvalue weighted by atomic mass is 10.0. The van der Waals surface area contributed by atoms with Crippen molar-refractivity contribution in [3.63, 3.8) is 0 Å². The first kappa shape index (κ1) is 17.4. The molecule has 5 nitrogen and oxygen atoms in total. The molecule has 1 N–H and O–H groups in total. The number of nitrogens with zero attached hydrogens (tertiary/aromatic N) is 2. The van der Waals surface area contributed by atoms with Crippen LogP contribution in [-0.2, 0) is 4.79 Å². The SMILES string of the molecule is Cc1ccc(C)c(-c2csc(NC(=O)CSc3cccc[n+]3[O-])n2)c1. The molecule has 0 atom stereocenters. The fourth-order valence-corrected chi connectivity index (χ4v) is 3.73. The van der Waals surface area contributed by atoms with Crippen LogP contribution in [-0.4, -0.2) is 16.6 Å². The summed E-state index contributed by atoms with van der Waals surface area (Å²) in [4.78, 5) is 16.6. The Hall–Kier alpha value is -2.38. The molecule has 0 aliphatic rings. The van der Waals surface area contributed by atoms with Gasteiger partial charge in [-0.05, 0) is 43.3 Å². The van der Waals surface area contributed by atoms with Gasteiger partial charge in [-0.15, -0.1) is 11.3 Å². The number of anilines is 1. The van der Waals surface area contributed by atoms with E-state index in [-0.39, 0.29) is 11.7 Å². The quantitative estimate of drug-likeness (QED) is 0.421. The van der Waals surface area contributed by atoms with Crippen LogP contribution in [0.1, 0.15) is 11.1 Å². The van der Waals surface area contributed by atoms with Gasteiger partial charge in [-0.25, -0.2) is 4.98 Å². The third kappa shape index (κ3) is 4.37. The summed E-state index contributed by atoms with van der Waals surface area (Å²) in [5, 5.41) is 17.3. The predicted molar refractivity (Wildman–Crippen MR) is 102 cm³/mol. The molecule has 0 spiro atoms. The summed E-state index contributed by atoms with van der Waals surface area (Å²) >= 11 is 2.59. The summed E-state index contributed by atoms with van der Waals surface area (Å²) in [5.74, 6) is -0.0271. The van der Waals surface area contributed by atoms with Gasteiger partial charge in [-0.3, -0.25) is 4.79 Å². The summed E-state index contributed by atoms with van der Waals surface area (Å²) < 4.78 is 0.750. The Bertz CT molecular complexity index is 909. The standard InChI is InChI=1S/C18H17N3O2S2/c1-12-6-7-13(2)14(9-12)15-10-25-18(19-15)20-16(22)11-24-17-5-3-4-8-21(17)23/h3-10H,11H2,1-2H3,(H,19,20,22). The van der Waals surface area contributed by atoms with Gasteiger partial charge in [0.2, 0.25) is 5.91 Å². The van der Waals surface area contributed by atoms with Crippen LogP contribution in [0.15, 0.2) is 53.0 Å². The molecule has 0 radical (unpaired) electrons. The fraction of sp³-hybridized carbons (Fsp3) is 0.167. The molecular formula is C18H17N3O2S2. The van der Waals surface area contributed by atoms with E-state index in [4.69, 9.17) is 0 Å². The minimum atomic E-state index is -0.185. The molecule has 0 aliphatic carbocycles. The minimum absolute atomic E-state index is 0.157. The number of pyridine rings is 1. The van der Waals surface area contributed by atoms with Gasteiger partial charge in [-0.2, -0.15) is 4.73 Å². The third-order valence-corrected chi connectivity index (χ3v) is 5.34. The van der Waals surface area contributed by atoms with Crippen LogP contribution in [0.3, 0.4) is 0 Å². The van der Waals surface area contributed by atoms with Crippen molar-refractivity contribution in [1.82, 2.24) is 4.98 Å². The van der Waals surface area contributed by atoms with E-state index in [0.29, 0.717) is 10.2 Å². The number of aromatic nitrogens is 2. The molecule has 0 bridgehead atoms. The van der Waals surface area contributed by atoms with Crippen molar-refractivity contribution < 1.29 is 9.52 Å². The smallest absolute Gasteiger partial charge is 0.251 e. The summed E-state index contributed by atoms with van der Waals surface area (Å²) in [6, 6.07) is 11.3. The van der Waals surface area contributed by atoms with Crippen LogP contribution in [0.25, 0.3) is 11.3 Å². The molecule has 1 amide bonds. The Kier molecular flexibility index (Phi) is 5.35. The Morgan fingerprint density at radius 3 is 2.96 bits per heavy atom. The van der Waals surface area contributed by atoms with Crippen LogP contribution in [0, 0.1) is 19.1 Å². The first-order valence-corrected chi connectivity index (χ1v) is 9.53. The minimum Gasteiger partial charge on any atom is -0.618 e. The van der Waals surface area contributed by atoms with Gasteiger partial charge >= 0.3 is 0 Å². The molecule has 1 aromatic carbocycles. The van der Waals surface area contributed by atoms with Gasteiger partial charge in [0.25, 0.3) is 5.03 Å². The molecule has 0 aliphatic heterocycles. The zero-order valence-electron chi connectivity index (χ0n) is 13.9. The highest BCUT2D eigenvalue weighted by atomic mass is 32.2.